The smallest absolute Gasteiger partial charge is 0.261 e. The first kappa shape index (κ1) is 17.9. The van der Waals surface area contributed by atoms with E-state index >= 15 is 0 Å². The van der Waals surface area contributed by atoms with Gasteiger partial charge in [0.25, 0.3) is 5.91 Å². The molecular weight excluding hydrogens is 416 g/mol. The minimum absolute atomic E-state index is 0.0879. The van der Waals surface area contributed by atoms with Crippen LogP contribution in [0.2, 0.25) is 0 Å². The summed E-state index contributed by atoms with van der Waals surface area (Å²) in [6.45, 7) is 4.80. The summed E-state index contributed by atoms with van der Waals surface area (Å²) in [5.74, 6) is 0.0899. The highest BCUT2D eigenvalue weighted by Gasteiger charge is 2.59. The molecule has 2 atom stereocenters. The van der Waals surface area contributed by atoms with Gasteiger partial charge in [-0.15, -0.1) is 0 Å². The lowest BCUT2D eigenvalue weighted by Crippen LogP contribution is -2.66. The molecule has 1 spiro atoms. The Morgan fingerprint density at radius 2 is 1.93 bits per heavy atom. The number of amides is 1. The number of fused-ring (bicyclic) bond motifs is 4. The number of hydrazone groups is 1. The molecule has 0 aliphatic carbocycles. The molecule has 0 radical (unpaired) electrons. The summed E-state index contributed by atoms with van der Waals surface area (Å²) in [5, 5.41) is 6.39. The van der Waals surface area contributed by atoms with E-state index in [0.29, 0.717) is 6.42 Å². The minimum atomic E-state index is -0.627. The van der Waals surface area contributed by atoms with E-state index in [1.807, 2.05) is 37.3 Å². The van der Waals surface area contributed by atoms with Crippen molar-refractivity contribution < 1.29 is 4.79 Å². The Labute approximate surface area is 173 Å². The molecule has 5 rings (SSSR count). The van der Waals surface area contributed by atoms with Gasteiger partial charge in [0.05, 0.1) is 17.4 Å². The molecular formula is C22H23BrN4O. The molecule has 3 heterocycles. The van der Waals surface area contributed by atoms with Crippen molar-refractivity contribution >= 4 is 38.9 Å². The number of benzene rings is 2. The first-order valence-electron chi connectivity index (χ1n) is 9.69. The summed E-state index contributed by atoms with van der Waals surface area (Å²) in [4.78, 5) is 18.7. The number of piperazine rings is 1. The number of carbonyl (C=O) groups excluding carboxylic acids is 1. The average Bonchev–Trinajstić information content (AvgIpc) is 2.94. The lowest BCUT2D eigenvalue weighted by molar-refractivity contribution is -0.125. The molecule has 1 fully saturated rings. The molecule has 5 nitrogen and oxygen atoms in total. The van der Waals surface area contributed by atoms with E-state index < -0.39 is 5.41 Å². The fourth-order valence-corrected chi connectivity index (χ4v) is 5.39. The Morgan fingerprint density at radius 3 is 2.71 bits per heavy atom. The zero-order valence-electron chi connectivity index (χ0n) is 16.1. The zero-order valence-corrected chi connectivity index (χ0v) is 17.7. The Kier molecular flexibility index (Phi) is 4.10. The van der Waals surface area contributed by atoms with Crippen LogP contribution in [0.1, 0.15) is 12.5 Å². The fraction of sp³-hybridized carbons (Fsp3) is 0.364. The summed E-state index contributed by atoms with van der Waals surface area (Å²) in [6.07, 6.45) is 0.689. The molecule has 3 aliphatic rings. The van der Waals surface area contributed by atoms with Crippen LogP contribution in [0.25, 0.3) is 0 Å². The van der Waals surface area contributed by atoms with Crippen LogP contribution in [-0.4, -0.2) is 49.2 Å². The van der Waals surface area contributed by atoms with Gasteiger partial charge in [0, 0.05) is 29.8 Å². The molecule has 0 saturated carbocycles. The predicted octanol–water partition coefficient (Wildman–Crippen LogP) is 3.53. The molecule has 3 aliphatic heterocycles. The van der Waals surface area contributed by atoms with E-state index in [2.05, 4.69) is 51.0 Å². The maximum atomic E-state index is 13.9. The first-order chi connectivity index (χ1) is 13.5. The summed E-state index contributed by atoms with van der Waals surface area (Å²) in [6, 6.07) is 16.3. The van der Waals surface area contributed by atoms with Gasteiger partial charge in [-0.3, -0.25) is 4.79 Å². The van der Waals surface area contributed by atoms with Crippen molar-refractivity contribution in [1.82, 2.24) is 4.90 Å². The van der Waals surface area contributed by atoms with Crippen LogP contribution in [0, 0.1) is 5.41 Å². The predicted molar refractivity (Wildman–Crippen MR) is 116 cm³/mol. The third-order valence-electron chi connectivity index (χ3n) is 6.44. The van der Waals surface area contributed by atoms with Gasteiger partial charge < -0.3 is 9.80 Å². The lowest BCUT2D eigenvalue weighted by Gasteiger charge is -2.52. The quantitative estimate of drug-likeness (QED) is 0.683. The second kappa shape index (κ2) is 6.42. The molecule has 1 saturated heterocycles. The number of carbonyl (C=O) groups is 1. The summed E-state index contributed by atoms with van der Waals surface area (Å²) in [7, 11) is 2.14. The molecule has 2 aromatic rings. The number of hydrogen-bond donors (Lipinski definition) is 0. The number of likely N-dealkylation sites (N-methyl/N-ethyl adjacent to an activating group) is 1. The number of rotatable bonds is 1. The van der Waals surface area contributed by atoms with E-state index in [9.17, 15) is 4.79 Å². The Bertz CT molecular complexity index is 976. The van der Waals surface area contributed by atoms with E-state index in [1.54, 1.807) is 5.01 Å². The molecule has 28 heavy (non-hydrogen) atoms. The number of nitrogens with zero attached hydrogens (tertiary/aromatic N) is 4. The van der Waals surface area contributed by atoms with E-state index in [0.717, 1.165) is 35.5 Å². The second-order valence-corrected chi connectivity index (χ2v) is 8.95. The van der Waals surface area contributed by atoms with Gasteiger partial charge in [-0.25, -0.2) is 0 Å². The van der Waals surface area contributed by atoms with Crippen LogP contribution in [-0.2, 0) is 11.2 Å². The zero-order chi connectivity index (χ0) is 19.5. The Hall–Kier alpha value is -2.18. The highest BCUT2D eigenvalue weighted by Crippen LogP contribution is 2.48. The molecule has 6 heteroatoms. The van der Waals surface area contributed by atoms with Crippen molar-refractivity contribution in [2.24, 2.45) is 10.5 Å². The minimum Gasteiger partial charge on any atom is -0.364 e. The highest BCUT2D eigenvalue weighted by molar-refractivity contribution is 9.10. The maximum absolute atomic E-state index is 13.9. The molecule has 0 bridgehead atoms. The molecule has 0 unspecified atom stereocenters. The van der Waals surface area contributed by atoms with Crippen LogP contribution in [0.3, 0.4) is 0 Å². The van der Waals surface area contributed by atoms with Crippen LogP contribution < -0.4 is 9.91 Å². The van der Waals surface area contributed by atoms with Gasteiger partial charge in [-0.2, -0.15) is 10.1 Å². The maximum Gasteiger partial charge on any atom is 0.261 e. The van der Waals surface area contributed by atoms with Gasteiger partial charge in [-0.1, -0.05) is 34.1 Å². The molecule has 0 aromatic heterocycles. The van der Waals surface area contributed by atoms with Gasteiger partial charge in [0.2, 0.25) is 0 Å². The van der Waals surface area contributed by atoms with Crippen LogP contribution in [0.5, 0.6) is 0 Å². The van der Waals surface area contributed by atoms with Crippen molar-refractivity contribution in [3.63, 3.8) is 0 Å². The summed E-state index contributed by atoms with van der Waals surface area (Å²) in [5.41, 5.74) is 3.59. The summed E-state index contributed by atoms with van der Waals surface area (Å²) < 4.78 is 1.05. The van der Waals surface area contributed by atoms with Gasteiger partial charge >= 0.3 is 0 Å². The van der Waals surface area contributed by atoms with Crippen molar-refractivity contribution in [3.05, 3.63) is 58.6 Å². The molecule has 1 amide bonds. The molecule has 2 aromatic carbocycles. The summed E-state index contributed by atoms with van der Waals surface area (Å²) >= 11 is 3.61. The van der Waals surface area contributed by atoms with E-state index in [4.69, 9.17) is 5.10 Å². The van der Waals surface area contributed by atoms with Crippen molar-refractivity contribution in [2.45, 2.75) is 19.4 Å². The number of hydrogen-bond acceptors (Lipinski definition) is 4. The van der Waals surface area contributed by atoms with Crippen molar-refractivity contribution in [3.8, 4) is 0 Å². The van der Waals surface area contributed by atoms with Crippen LogP contribution >= 0.6 is 15.9 Å². The molecule has 0 N–H and O–H groups in total. The first-order valence-corrected chi connectivity index (χ1v) is 10.5. The Balaban J connectivity index is 1.65. The van der Waals surface area contributed by atoms with Crippen LogP contribution in [0.15, 0.2) is 58.1 Å². The number of halogens is 1. The van der Waals surface area contributed by atoms with Gasteiger partial charge in [-0.05, 0) is 56.3 Å². The SMILES string of the molecule is CC1=NN(c2ccccc2)C(=O)[C@@]12Cc1cc(Br)ccc1N1CCN(C)C[C@@H]12. The third-order valence-corrected chi connectivity index (χ3v) is 6.94. The third kappa shape index (κ3) is 2.47. The van der Waals surface area contributed by atoms with Crippen molar-refractivity contribution in [1.29, 1.82) is 0 Å². The fourth-order valence-electron chi connectivity index (χ4n) is 4.98. The second-order valence-electron chi connectivity index (χ2n) is 8.03. The largest absolute Gasteiger partial charge is 0.364 e. The van der Waals surface area contributed by atoms with Crippen LogP contribution in [0.4, 0.5) is 11.4 Å². The number of anilines is 2. The lowest BCUT2D eigenvalue weighted by atomic mass is 9.67. The standard InChI is InChI=1S/C22H23BrN4O/c1-15-22(21(28)27(24-15)18-6-4-3-5-7-18)13-16-12-17(23)8-9-19(16)26-11-10-25(2)14-20(22)26/h3-9,12,20H,10-11,13-14H2,1-2H3/t20-,22+/m1/s1. The van der Waals surface area contributed by atoms with E-state index in [1.165, 1.54) is 11.3 Å². The number of para-hydroxylation sites is 1. The Morgan fingerprint density at radius 1 is 1.14 bits per heavy atom. The normalized spacial score (nSPS) is 27.0. The highest BCUT2D eigenvalue weighted by atomic mass is 79.9. The monoisotopic (exact) mass is 438 g/mol. The van der Waals surface area contributed by atoms with E-state index in [-0.39, 0.29) is 11.9 Å². The average molecular weight is 439 g/mol. The molecule has 144 valence electrons. The van der Waals surface area contributed by atoms with Crippen molar-refractivity contribution in [2.75, 3.05) is 36.6 Å². The van der Waals surface area contributed by atoms with Gasteiger partial charge in [0.1, 0.15) is 5.41 Å². The van der Waals surface area contributed by atoms with Gasteiger partial charge in [0.15, 0.2) is 0 Å². The topological polar surface area (TPSA) is 39.2 Å².